The number of urea groups is 1. The van der Waals surface area contributed by atoms with Crippen LogP contribution in [0.25, 0.3) is 0 Å². The van der Waals surface area contributed by atoms with Crippen LogP contribution in [0.3, 0.4) is 0 Å². The van der Waals surface area contributed by atoms with Crippen molar-refractivity contribution in [3.8, 4) is 5.75 Å². The summed E-state index contributed by atoms with van der Waals surface area (Å²) in [7, 11) is 0. The lowest BCUT2D eigenvalue weighted by Gasteiger charge is -2.12. The molecule has 0 spiro atoms. The summed E-state index contributed by atoms with van der Waals surface area (Å²) in [5.41, 5.74) is 1.41. The van der Waals surface area contributed by atoms with Crippen molar-refractivity contribution in [2.24, 2.45) is 0 Å². The molecule has 0 saturated heterocycles. The van der Waals surface area contributed by atoms with Gasteiger partial charge in [-0.05, 0) is 34.5 Å². The lowest BCUT2D eigenvalue weighted by atomic mass is 10.2. The minimum absolute atomic E-state index is 0.148. The third-order valence-electron chi connectivity index (χ3n) is 2.84. The summed E-state index contributed by atoms with van der Waals surface area (Å²) >= 11 is 1.50. The summed E-state index contributed by atoms with van der Waals surface area (Å²) in [6.07, 6.45) is 0.942. The molecule has 0 bridgehead atoms. The van der Waals surface area contributed by atoms with Gasteiger partial charge in [-0.2, -0.15) is 11.3 Å². The molecule has 1 aromatic heterocycles. The summed E-state index contributed by atoms with van der Waals surface area (Å²) in [4.78, 5) is 11.8. The van der Waals surface area contributed by atoms with Crippen LogP contribution in [0.2, 0.25) is 0 Å². The lowest BCUT2D eigenvalue weighted by Crippen LogP contribution is -2.32. The van der Waals surface area contributed by atoms with Crippen molar-refractivity contribution in [2.75, 3.05) is 18.5 Å². The van der Waals surface area contributed by atoms with Crippen molar-refractivity contribution in [1.82, 2.24) is 5.32 Å². The Morgan fingerprint density at radius 3 is 3.05 bits per heavy atom. The number of rotatable bonds is 7. The standard InChI is InChI=1S/C16H18N2O3S/c1-2-7-21-14-5-3-4-13(9-14)18-16(20)17-10-15(19)12-6-8-22-11-12/h2-6,8-9,11,15,19H,1,7,10H2,(H2,17,18,20). The number of aliphatic hydroxyl groups is 1. The Bertz CT molecular complexity index is 614. The van der Waals surface area contributed by atoms with Gasteiger partial charge in [0.15, 0.2) is 0 Å². The van der Waals surface area contributed by atoms with Crippen molar-refractivity contribution in [3.63, 3.8) is 0 Å². The van der Waals surface area contributed by atoms with Crippen LogP contribution in [0.15, 0.2) is 53.7 Å². The quantitative estimate of drug-likeness (QED) is 0.687. The monoisotopic (exact) mass is 318 g/mol. The van der Waals surface area contributed by atoms with E-state index in [4.69, 9.17) is 4.74 Å². The van der Waals surface area contributed by atoms with Crippen LogP contribution >= 0.6 is 11.3 Å². The van der Waals surface area contributed by atoms with Crippen LogP contribution in [0, 0.1) is 0 Å². The largest absolute Gasteiger partial charge is 0.489 e. The molecule has 3 N–H and O–H groups in total. The van der Waals surface area contributed by atoms with Gasteiger partial charge < -0.3 is 20.5 Å². The molecule has 1 atom stereocenters. The van der Waals surface area contributed by atoms with Crippen LogP contribution < -0.4 is 15.4 Å². The molecule has 1 unspecified atom stereocenters. The number of ether oxygens (including phenoxy) is 1. The average molecular weight is 318 g/mol. The van der Waals surface area contributed by atoms with E-state index in [1.165, 1.54) is 11.3 Å². The predicted molar refractivity (Wildman–Crippen MR) is 88.4 cm³/mol. The first-order valence-electron chi connectivity index (χ1n) is 6.78. The topological polar surface area (TPSA) is 70.6 Å². The highest BCUT2D eigenvalue weighted by atomic mass is 32.1. The molecule has 0 radical (unpaired) electrons. The second-order valence-electron chi connectivity index (χ2n) is 4.54. The highest BCUT2D eigenvalue weighted by Crippen LogP contribution is 2.18. The maximum absolute atomic E-state index is 11.8. The zero-order valence-corrected chi connectivity index (χ0v) is 12.8. The Morgan fingerprint density at radius 2 is 2.32 bits per heavy atom. The predicted octanol–water partition coefficient (Wildman–Crippen LogP) is 3.17. The van der Waals surface area contributed by atoms with E-state index in [1.807, 2.05) is 16.8 Å². The van der Waals surface area contributed by atoms with Crippen LogP contribution in [0.5, 0.6) is 5.75 Å². The van der Waals surface area contributed by atoms with E-state index < -0.39 is 6.10 Å². The third-order valence-corrected chi connectivity index (χ3v) is 3.55. The Morgan fingerprint density at radius 1 is 1.45 bits per heavy atom. The molecule has 0 aliphatic carbocycles. The number of aliphatic hydroxyl groups excluding tert-OH is 1. The van der Waals surface area contributed by atoms with Crippen LogP contribution in [0.4, 0.5) is 10.5 Å². The fourth-order valence-corrected chi connectivity index (χ4v) is 2.47. The van der Waals surface area contributed by atoms with Crippen molar-refractivity contribution in [2.45, 2.75) is 6.10 Å². The van der Waals surface area contributed by atoms with Crippen molar-refractivity contribution < 1.29 is 14.6 Å². The number of benzene rings is 1. The normalized spacial score (nSPS) is 11.5. The molecule has 6 heteroatoms. The number of hydrogen-bond donors (Lipinski definition) is 3. The molecule has 22 heavy (non-hydrogen) atoms. The Balaban J connectivity index is 1.82. The molecule has 5 nitrogen and oxygen atoms in total. The summed E-state index contributed by atoms with van der Waals surface area (Å²) in [6, 6.07) is 8.51. The van der Waals surface area contributed by atoms with Gasteiger partial charge in [0.25, 0.3) is 0 Å². The number of hydrogen-bond acceptors (Lipinski definition) is 4. The van der Waals surface area contributed by atoms with Crippen LogP contribution in [-0.2, 0) is 0 Å². The number of carbonyl (C=O) groups is 1. The maximum Gasteiger partial charge on any atom is 0.319 e. The zero-order valence-electron chi connectivity index (χ0n) is 12.0. The van der Waals surface area contributed by atoms with Gasteiger partial charge in [0.2, 0.25) is 0 Å². The van der Waals surface area contributed by atoms with Gasteiger partial charge in [-0.25, -0.2) is 4.79 Å². The molecule has 2 aromatic rings. The fraction of sp³-hybridized carbons (Fsp3) is 0.188. The second-order valence-corrected chi connectivity index (χ2v) is 5.32. The zero-order chi connectivity index (χ0) is 15.8. The Labute approximate surface area is 133 Å². The molecule has 0 fully saturated rings. The summed E-state index contributed by atoms with van der Waals surface area (Å²) in [5.74, 6) is 0.649. The highest BCUT2D eigenvalue weighted by molar-refractivity contribution is 7.07. The van der Waals surface area contributed by atoms with Crippen LogP contribution in [0.1, 0.15) is 11.7 Å². The van der Waals surface area contributed by atoms with Crippen molar-refractivity contribution in [3.05, 3.63) is 59.3 Å². The number of nitrogens with one attached hydrogen (secondary N) is 2. The molecule has 2 amide bonds. The van der Waals surface area contributed by atoms with E-state index in [2.05, 4.69) is 17.2 Å². The first-order chi connectivity index (χ1) is 10.7. The molecule has 1 heterocycles. The van der Waals surface area contributed by atoms with E-state index in [1.54, 1.807) is 30.3 Å². The first kappa shape index (κ1) is 16.1. The summed E-state index contributed by atoms with van der Waals surface area (Å²) in [6.45, 7) is 4.13. The van der Waals surface area contributed by atoms with Gasteiger partial charge in [0.1, 0.15) is 12.4 Å². The van der Waals surface area contributed by atoms with Gasteiger partial charge in [-0.3, -0.25) is 0 Å². The number of thiophene rings is 1. The summed E-state index contributed by atoms with van der Waals surface area (Å²) < 4.78 is 5.40. The maximum atomic E-state index is 11.8. The molecule has 0 saturated carbocycles. The van der Waals surface area contributed by atoms with E-state index in [0.717, 1.165) is 5.56 Å². The molecular weight excluding hydrogens is 300 g/mol. The minimum Gasteiger partial charge on any atom is -0.489 e. The van der Waals surface area contributed by atoms with Crippen molar-refractivity contribution >= 4 is 23.1 Å². The van der Waals surface area contributed by atoms with Gasteiger partial charge in [-0.15, -0.1) is 0 Å². The van der Waals surface area contributed by atoms with Crippen molar-refractivity contribution in [1.29, 1.82) is 0 Å². The SMILES string of the molecule is C=CCOc1cccc(NC(=O)NCC(O)c2ccsc2)c1. The first-order valence-corrected chi connectivity index (χ1v) is 7.72. The van der Waals surface area contributed by atoms with Gasteiger partial charge in [-0.1, -0.05) is 18.7 Å². The molecular formula is C16H18N2O3S. The highest BCUT2D eigenvalue weighted by Gasteiger charge is 2.10. The van der Waals surface area contributed by atoms with E-state index >= 15 is 0 Å². The molecule has 116 valence electrons. The lowest BCUT2D eigenvalue weighted by molar-refractivity contribution is 0.175. The van der Waals surface area contributed by atoms with Gasteiger partial charge in [0, 0.05) is 18.3 Å². The smallest absolute Gasteiger partial charge is 0.319 e. The number of amides is 2. The summed E-state index contributed by atoms with van der Waals surface area (Å²) in [5, 5.41) is 19.0. The molecule has 0 aliphatic rings. The van der Waals surface area contributed by atoms with E-state index in [0.29, 0.717) is 18.0 Å². The van der Waals surface area contributed by atoms with Gasteiger partial charge in [0.05, 0.1) is 6.10 Å². The van der Waals surface area contributed by atoms with Gasteiger partial charge >= 0.3 is 6.03 Å². The minimum atomic E-state index is -0.709. The molecule has 0 aliphatic heterocycles. The Kier molecular flexibility index (Phi) is 6.00. The van der Waals surface area contributed by atoms with E-state index in [9.17, 15) is 9.90 Å². The molecule has 2 rings (SSSR count). The Hall–Kier alpha value is -2.31. The number of carbonyl (C=O) groups excluding carboxylic acids is 1. The fourth-order valence-electron chi connectivity index (χ4n) is 1.77. The molecule has 1 aromatic carbocycles. The second kappa shape index (κ2) is 8.21. The van der Waals surface area contributed by atoms with E-state index in [-0.39, 0.29) is 12.6 Å². The van der Waals surface area contributed by atoms with Crippen LogP contribution in [-0.4, -0.2) is 24.3 Å². The third kappa shape index (κ3) is 4.91. The average Bonchev–Trinajstić information content (AvgIpc) is 3.05. The number of anilines is 1.